The Bertz CT molecular complexity index is 266. The zero-order chi connectivity index (χ0) is 11.6. The van der Waals surface area contributed by atoms with E-state index in [-0.39, 0.29) is 18.3 Å². The van der Waals surface area contributed by atoms with E-state index >= 15 is 0 Å². The first-order valence-electron chi connectivity index (χ1n) is 6.74. The number of halogens is 1. The van der Waals surface area contributed by atoms with Gasteiger partial charge in [0.15, 0.2) is 0 Å². The van der Waals surface area contributed by atoms with Crippen LogP contribution >= 0.6 is 12.4 Å². The average molecular weight is 261 g/mol. The van der Waals surface area contributed by atoms with Crippen molar-refractivity contribution in [1.82, 2.24) is 5.32 Å². The van der Waals surface area contributed by atoms with Crippen molar-refractivity contribution in [3.8, 4) is 0 Å². The maximum atomic E-state index is 12.0. The molecule has 0 radical (unpaired) electrons. The Balaban J connectivity index is 0.00000144. The van der Waals surface area contributed by atoms with Crippen LogP contribution in [0.5, 0.6) is 0 Å². The first-order chi connectivity index (χ1) is 7.64. The highest BCUT2D eigenvalue weighted by Crippen LogP contribution is 2.31. The molecular formula is C13H25ClN2O. The molecule has 2 aliphatic carbocycles. The third-order valence-corrected chi connectivity index (χ3v) is 4.39. The molecule has 1 amide bonds. The fourth-order valence-corrected chi connectivity index (χ4v) is 2.91. The molecule has 2 unspecified atom stereocenters. The van der Waals surface area contributed by atoms with E-state index in [0.717, 1.165) is 38.0 Å². The summed E-state index contributed by atoms with van der Waals surface area (Å²) in [5.41, 5.74) is 5.49. The van der Waals surface area contributed by atoms with Crippen LogP contribution in [0.1, 0.15) is 58.3 Å². The highest BCUT2D eigenvalue weighted by Gasteiger charge is 2.41. The van der Waals surface area contributed by atoms with Gasteiger partial charge in [-0.15, -0.1) is 12.4 Å². The summed E-state index contributed by atoms with van der Waals surface area (Å²) in [6.07, 6.45) is 8.94. The number of amides is 1. The molecule has 0 aliphatic heterocycles. The van der Waals surface area contributed by atoms with Gasteiger partial charge >= 0.3 is 0 Å². The minimum absolute atomic E-state index is 0. The number of carbonyl (C=O) groups excluding carboxylic acids is 1. The van der Waals surface area contributed by atoms with Gasteiger partial charge < -0.3 is 11.1 Å². The standard InChI is InChI=1S/C13H24N2O.ClH/c1-2-10-5-3-6-11(9-10)15-12(16)13(14)7-4-8-13;/h10-11H,2-9,14H2,1H3,(H,15,16);1H. The van der Waals surface area contributed by atoms with Gasteiger partial charge in [0.25, 0.3) is 0 Å². The van der Waals surface area contributed by atoms with Crippen LogP contribution < -0.4 is 11.1 Å². The van der Waals surface area contributed by atoms with Crippen molar-refractivity contribution >= 4 is 18.3 Å². The highest BCUT2D eigenvalue weighted by atomic mass is 35.5. The Morgan fingerprint density at radius 1 is 1.35 bits per heavy atom. The quantitative estimate of drug-likeness (QED) is 0.819. The molecule has 2 fully saturated rings. The molecule has 2 saturated carbocycles. The number of carbonyl (C=O) groups is 1. The lowest BCUT2D eigenvalue weighted by atomic mass is 9.76. The summed E-state index contributed by atoms with van der Waals surface area (Å²) in [5.74, 6) is 0.898. The third kappa shape index (κ3) is 3.35. The first kappa shape index (κ1) is 14.8. The minimum atomic E-state index is -0.529. The normalized spacial score (nSPS) is 30.9. The lowest BCUT2D eigenvalue weighted by molar-refractivity contribution is -0.130. The molecule has 3 N–H and O–H groups in total. The molecule has 2 atom stereocenters. The van der Waals surface area contributed by atoms with Crippen molar-refractivity contribution in [3.05, 3.63) is 0 Å². The van der Waals surface area contributed by atoms with Crippen LogP contribution in [0.15, 0.2) is 0 Å². The minimum Gasteiger partial charge on any atom is -0.352 e. The second kappa shape index (κ2) is 6.05. The number of nitrogens with one attached hydrogen (secondary N) is 1. The van der Waals surface area contributed by atoms with Crippen molar-refractivity contribution in [2.24, 2.45) is 11.7 Å². The fraction of sp³-hybridized carbons (Fsp3) is 0.923. The topological polar surface area (TPSA) is 55.1 Å². The third-order valence-electron chi connectivity index (χ3n) is 4.39. The van der Waals surface area contributed by atoms with E-state index in [1.165, 1.54) is 19.3 Å². The summed E-state index contributed by atoms with van der Waals surface area (Å²) in [4.78, 5) is 12.0. The number of nitrogens with two attached hydrogens (primary N) is 1. The molecule has 17 heavy (non-hydrogen) atoms. The summed E-state index contributed by atoms with van der Waals surface area (Å²) in [7, 11) is 0. The molecule has 2 aliphatic rings. The molecule has 0 aromatic heterocycles. The Labute approximate surface area is 110 Å². The van der Waals surface area contributed by atoms with Crippen LogP contribution in [0.4, 0.5) is 0 Å². The summed E-state index contributed by atoms with van der Waals surface area (Å²) in [5, 5.41) is 3.16. The van der Waals surface area contributed by atoms with Crippen molar-refractivity contribution in [3.63, 3.8) is 0 Å². The van der Waals surface area contributed by atoms with Gasteiger partial charge in [-0.2, -0.15) is 0 Å². The Morgan fingerprint density at radius 3 is 2.59 bits per heavy atom. The van der Waals surface area contributed by atoms with E-state index in [9.17, 15) is 4.79 Å². The summed E-state index contributed by atoms with van der Waals surface area (Å²) in [6.45, 7) is 2.24. The SMILES string of the molecule is CCC1CCCC(NC(=O)C2(N)CCC2)C1.Cl. The van der Waals surface area contributed by atoms with Gasteiger partial charge in [-0.25, -0.2) is 0 Å². The maximum Gasteiger partial charge on any atom is 0.240 e. The molecule has 0 heterocycles. The smallest absolute Gasteiger partial charge is 0.240 e. The van der Waals surface area contributed by atoms with Gasteiger partial charge in [0.1, 0.15) is 0 Å². The average Bonchev–Trinajstić information content (AvgIpc) is 2.26. The molecular weight excluding hydrogens is 236 g/mol. The Morgan fingerprint density at radius 2 is 2.06 bits per heavy atom. The lowest BCUT2D eigenvalue weighted by Crippen LogP contribution is -2.60. The first-order valence-corrected chi connectivity index (χ1v) is 6.74. The Hall–Kier alpha value is -0.280. The summed E-state index contributed by atoms with van der Waals surface area (Å²) >= 11 is 0. The summed E-state index contributed by atoms with van der Waals surface area (Å²) < 4.78 is 0. The fourth-order valence-electron chi connectivity index (χ4n) is 2.91. The molecule has 100 valence electrons. The van der Waals surface area contributed by atoms with Crippen LogP contribution in [0.25, 0.3) is 0 Å². The molecule has 0 aromatic carbocycles. The van der Waals surface area contributed by atoms with Crippen molar-refractivity contribution < 1.29 is 4.79 Å². The summed E-state index contributed by atoms with van der Waals surface area (Å²) in [6, 6.07) is 0.382. The predicted molar refractivity (Wildman–Crippen MR) is 72.2 cm³/mol. The zero-order valence-corrected chi connectivity index (χ0v) is 11.5. The van der Waals surface area contributed by atoms with Gasteiger partial charge in [0.2, 0.25) is 5.91 Å². The van der Waals surface area contributed by atoms with E-state index < -0.39 is 5.54 Å². The van der Waals surface area contributed by atoms with Gasteiger partial charge in [-0.3, -0.25) is 4.79 Å². The van der Waals surface area contributed by atoms with E-state index in [2.05, 4.69) is 12.2 Å². The largest absolute Gasteiger partial charge is 0.352 e. The van der Waals surface area contributed by atoms with Crippen LogP contribution in [0.2, 0.25) is 0 Å². The van der Waals surface area contributed by atoms with Crippen LogP contribution in [-0.2, 0) is 4.79 Å². The maximum absolute atomic E-state index is 12.0. The van der Waals surface area contributed by atoms with Gasteiger partial charge in [0.05, 0.1) is 5.54 Å². The van der Waals surface area contributed by atoms with Crippen molar-refractivity contribution in [2.45, 2.75) is 69.9 Å². The predicted octanol–water partition coefficient (Wildman–Crippen LogP) is 2.37. The van der Waals surface area contributed by atoms with Gasteiger partial charge in [-0.05, 0) is 38.0 Å². The van der Waals surface area contributed by atoms with Crippen LogP contribution in [0.3, 0.4) is 0 Å². The molecule has 2 rings (SSSR count). The van der Waals surface area contributed by atoms with Crippen molar-refractivity contribution in [2.75, 3.05) is 0 Å². The second-order valence-electron chi connectivity index (χ2n) is 5.62. The van der Waals surface area contributed by atoms with E-state index in [1.807, 2.05) is 0 Å². The molecule has 3 nitrogen and oxygen atoms in total. The lowest BCUT2D eigenvalue weighted by Gasteiger charge is -2.38. The number of rotatable bonds is 3. The number of hydrogen-bond acceptors (Lipinski definition) is 2. The zero-order valence-electron chi connectivity index (χ0n) is 10.7. The van der Waals surface area contributed by atoms with E-state index in [1.54, 1.807) is 0 Å². The molecule has 0 aromatic rings. The molecule has 0 bridgehead atoms. The molecule has 0 spiro atoms. The van der Waals surface area contributed by atoms with Gasteiger partial charge in [-0.1, -0.05) is 26.2 Å². The monoisotopic (exact) mass is 260 g/mol. The second-order valence-corrected chi connectivity index (χ2v) is 5.62. The van der Waals surface area contributed by atoms with Crippen LogP contribution in [0, 0.1) is 5.92 Å². The van der Waals surface area contributed by atoms with Gasteiger partial charge in [0, 0.05) is 6.04 Å². The number of hydrogen-bond donors (Lipinski definition) is 2. The van der Waals surface area contributed by atoms with E-state index in [0.29, 0.717) is 6.04 Å². The highest BCUT2D eigenvalue weighted by molar-refractivity contribution is 5.87. The van der Waals surface area contributed by atoms with Crippen LogP contribution in [-0.4, -0.2) is 17.5 Å². The van der Waals surface area contributed by atoms with E-state index in [4.69, 9.17) is 5.73 Å². The molecule has 0 saturated heterocycles. The molecule has 4 heteroatoms. The van der Waals surface area contributed by atoms with Crippen molar-refractivity contribution in [1.29, 1.82) is 0 Å². The Kier molecular flexibility index (Phi) is 5.26.